The number of hydrogen-bond acceptors (Lipinski definition) is 4. The van der Waals surface area contributed by atoms with Crippen molar-refractivity contribution < 1.29 is 4.79 Å². The van der Waals surface area contributed by atoms with E-state index in [-0.39, 0.29) is 11.9 Å². The van der Waals surface area contributed by atoms with E-state index in [4.69, 9.17) is 5.73 Å². The molecular formula is C13H14BrN3OS. The van der Waals surface area contributed by atoms with Crippen molar-refractivity contribution in [2.45, 2.75) is 19.5 Å². The molecule has 2 rings (SSSR count). The molecule has 1 heterocycles. The molecule has 6 heteroatoms. The summed E-state index contributed by atoms with van der Waals surface area (Å²) in [6.07, 6.45) is 0. The average molecular weight is 340 g/mol. The van der Waals surface area contributed by atoms with E-state index < -0.39 is 0 Å². The second-order valence-corrected chi connectivity index (χ2v) is 5.94. The number of nitrogens with zero attached hydrogens (tertiary/aromatic N) is 1. The fourth-order valence-electron chi connectivity index (χ4n) is 1.61. The van der Waals surface area contributed by atoms with Crippen molar-refractivity contribution in [3.8, 4) is 0 Å². The Kier molecular flexibility index (Phi) is 4.68. The Morgan fingerprint density at radius 2 is 2.16 bits per heavy atom. The lowest BCUT2D eigenvalue weighted by Gasteiger charge is -2.13. The van der Waals surface area contributed by atoms with E-state index in [2.05, 4.69) is 26.2 Å². The molecule has 0 unspecified atom stereocenters. The highest BCUT2D eigenvalue weighted by Crippen LogP contribution is 2.17. The van der Waals surface area contributed by atoms with E-state index in [1.807, 2.05) is 31.2 Å². The molecule has 0 spiro atoms. The summed E-state index contributed by atoms with van der Waals surface area (Å²) in [6.45, 7) is 2.30. The molecule has 2 aromatic rings. The summed E-state index contributed by atoms with van der Waals surface area (Å²) >= 11 is 4.78. The van der Waals surface area contributed by atoms with Crippen molar-refractivity contribution in [2.75, 3.05) is 0 Å². The summed E-state index contributed by atoms with van der Waals surface area (Å²) in [7, 11) is 0. The molecule has 1 aromatic carbocycles. The first-order chi connectivity index (χ1) is 9.10. The van der Waals surface area contributed by atoms with Crippen LogP contribution in [0.2, 0.25) is 0 Å². The summed E-state index contributed by atoms with van der Waals surface area (Å²) in [4.78, 5) is 16.2. The van der Waals surface area contributed by atoms with Crippen molar-refractivity contribution in [3.63, 3.8) is 0 Å². The van der Waals surface area contributed by atoms with Crippen LogP contribution in [0.4, 0.5) is 0 Å². The fourth-order valence-corrected chi connectivity index (χ4v) is 2.53. The maximum absolute atomic E-state index is 12.0. The summed E-state index contributed by atoms with van der Waals surface area (Å²) in [5.41, 5.74) is 6.95. The molecule has 1 amide bonds. The normalized spacial score (nSPS) is 12.2. The lowest BCUT2D eigenvalue weighted by molar-refractivity contribution is 0.0935. The average Bonchev–Trinajstić information content (AvgIpc) is 2.88. The van der Waals surface area contributed by atoms with Gasteiger partial charge in [0.2, 0.25) is 0 Å². The SMILES string of the molecule is C[C@H](NC(=O)c1csc(CN)n1)c1ccc(Br)cc1. The van der Waals surface area contributed by atoms with Gasteiger partial charge in [-0.3, -0.25) is 4.79 Å². The third-order valence-electron chi connectivity index (χ3n) is 2.68. The predicted octanol–water partition coefficient (Wildman–Crippen LogP) is 2.86. The Morgan fingerprint density at radius 1 is 1.47 bits per heavy atom. The molecule has 4 nitrogen and oxygen atoms in total. The number of hydrogen-bond donors (Lipinski definition) is 2. The molecule has 0 saturated heterocycles. The minimum Gasteiger partial charge on any atom is -0.344 e. The van der Waals surface area contributed by atoms with Gasteiger partial charge in [0.25, 0.3) is 5.91 Å². The van der Waals surface area contributed by atoms with Gasteiger partial charge in [-0.05, 0) is 24.6 Å². The van der Waals surface area contributed by atoms with E-state index in [0.717, 1.165) is 15.0 Å². The lowest BCUT2D eigenvalue weighted by atomic mass is 10.1. The third-order valence-corrected chi connectivity index (χ3v) is 4.08. The highest BCUT2D eigenvalue weighted by atomic mass is 79.9. The standard InChI is InChI=1S/C13H14BrN3OS/c1-8(9-2-4-10(14)5-3-9)16-13(18)11-7-19-12(6-15)17-11/h2-5,7-8H,6,15H2,1H3,(H,16,18)/t8-/m0/s1. The van der Waals surface area contributed by atoms with Gasteiger partial charge in [-0.25, -0.2) is 4.98 Å². The number of carbonyl (C=O) groups excluding carboxylic acids is 1. The molecule has 3 N–H and O–H groups in total. The van der Waals surface area contributed by atoms with Crippen LogP contribution in [0.1, 0.15) is 34.0 Å². The first kappa shape index (κ1) is 14.2. The number of rotatable bonds is 4. The number of carbonyl (C=O) groups is 1. The van der Waals surface area contributed by atoms with Crippen LogP contribution in [0.15, 0.2) is 34.1 Å². The van der Waals surface area contributed by atoms with Crippen LogP contribution in [-0.2, 0) is 6.54 Å². The quantitative estimate of drug-likeness (QED) is 0.899. The number of nitrogens with two attached hydrogens (primary N) is 1. The maximum Gasteiger partial charge on any atom is 0.271 e. The van der Waals surface area contributed by atoms with Gasteiger partial charge >= 0.3 is 0 Å². The zero-order valence-corrected chi connectivity index (χ0v) is 12.8. The first-order valence-electron chi connectivity index (χ1n) is 5.81. The van der Waals surface area contributed by atoms with Crippen LogP contribution in [-0.4, -0.2) is 10.9 Å². The third kappa shape index (κ3) is 3.62. The number of thiazole rings is 1. The molecule has 0 aliphatic rings. The van der Waals surface area contributed by atoms with Gasteiger partial charge in [-0.15, -0.1) is 11.3 Å². The van der Waals surface area contributed by atoms with E-state index in [9.17, 15) is 4.79 Å². The van der Waals surface area contributed by atoms with Gasteiger partial charge in [0.05, 0.1) is 6.04 Å². The molecule has 100 valence electrons. The van der Waals surface area contributed by atoms with Crippen molar-refractivity contribution in [1.29, 1.82) is 0 Å². The zero-order valence-electron chi connectivity index (χ0n) is 10.4. The minimum absolute atomic E-state index is 0.0661. The summed E-state index contributed by atoms with van der Waals surface area (Å²) in [6, 6.07) is 7.78. The molecule has 0 radical (unpaired) electrons. The largest absolute Gasteiger partial charge is 0.344 e. The molecule has 1 atom stereocenters. The summed E-state index contributed by atoms with van der Waals surface area (Å²) < 4.78 is 1.02. The van der Waals surface area contributed by atoms with Gasteiger partial charge in [-0.2, -0.15) is 0 Å². The monoisotopic (exact) mass is 339 g/mol. The number of amides is 1. The summed E-state index contributed by atoms with van der Waals surface area (Å²) in [5, 5.41) is 5.41. The molecule has 19 heavy (non-hydrogen) atoms. The highest BCUT2D eigenvalue weighted by Gasteiger charge is 2.14. The van der Waals surface area contributed by atoms with Crippen LogP contribution in [0.3, 0.4) is 0 Å². The van der Waals surface area contributed by atoms with Gasteiger partial charge in [0.1, 0.15) is 10.7 Å². The Bertz CT molecular complexity index is 568. The van der Waals surface area contributed by atoms with E-state index in [0.29, 0.717) is 12.2 Å². The Balaban J connectivity index is 2.04. The second kappa shape index (κ2) is 6.27. The Hall–Kier alpha value is -1.24. The van der Waals surface area contributed by atoms with Crippen LogP contribution >= 0.6 is 27.3 Å². The molecule has 0 fully saturated rings. The van der Waals surface area contributed by atoms with Crippen molar-refractivity contribution in [2.24, 2.45) is 5.73 Å². The van der Waals surface area contributed by atoms with Crippen molar-refractivity contribution >= 4 is 33.2 Å². The lowest BCUT2D eigenvalue weighted by Crippen LogP contribution is -2.26. The molecule has 0 saturated carbocycles. The Morgan fingerprint density at radius 3 is 2.74 bits per heavy atom. The molecule has 0 aliphatic heterocycles. The molecular weight excluding hydrogens is 326 g/mol. The van der Waals surface area contributed by atoms with Crippen LogP contribution < -0.4 is 11.1 Å². The number of aromatic nitrogens is 1. The van der Waals surface area contributed by atoms with Crippen LogP contribution in [0.25, 0.3) is 0 Å². The first-order valence-corrected chi connectivity index (χ1v) is 7.48. The van der Waals surface area contributed by atoms with Crippen LogP contribution in [0, 0.1) is 0 Å². The Labute approximate surface area is 124 Å². The smallest absolute Gasteiger partial charge is 0.271 e. The second-order valence-electron chi connectivity index (χ2n) is 4.08. The van der Waals surface area contributed by atoms with E-state index in [1.54, 1.807) is 5.38 Å². The predicted molar refractivity (Wildman–Crippen MR) is 80.0 cm³/mol. The zero-order chi connectivity index (χ0) is 13.8. The van der Waals surface area contributed by atoms with Crippen LogP contribution in [0.5, 0.6) is 0 Å². The van der Waals surface area contributed by atoms with Gasteiger partial charge < -0.3 is 11.1 Å². The van der Waals surface area contributed by atoms with Gasteiger partial charge in [-0.1, -0.05) is 28.1 Å². The van der Waals surface area contributed by atoms with Crippen molar-refractivity contribution in [3.05, 3.63) is 50.4 Å². The number of nitrogens with one attached hydrogen (secondary N) is 1. The molecule has 0 aliphatic carbocycles. The maximum atomic E-state index is 12.0. The van der Waals surface area contributed by atoms with Gasteiger partial charge in [0, 0.05) is 16.4 Å². The summed E-state index contributed by atoms with van der Waals surface area (Å²) in [5.74, 6) is -0.175. The molecule has 0 bridgehead atoms. The number of halogens is 1. The fraction of sp³-hybridized carbons (Fsp3) is 0.231. The van der Waals surface area contributed by atoms with E-state index >= 15 is 0 Å². The highest BCUT2D eigenvalue weighted by molar-refractivity contribution is 9.10. The molecule has 1 aromatic heterocycles. The minimum atomic E-state index is -0.175. The van der Waals surface area contributed by atoms with Crippen molar-refractivity contribution in [1.82, 2.24) is 10.3 Å². The van der Waals surface area contributed by atoms with Gasteiger partial charge in [0.15, 0.2) is 0 Å². The van der Waals surface area contributed by atoms with E-state index in [1.165, 1.54) is 11.3 Å². The topological polar surface area (TPSA) is 68.0 Å². The number of benzene rings is 1.